The van der Waals surface area contributed by atoms with E-state index in [0.29, 0.717) is 5.69 Å². The molecule has 0 aliphatic rings. The van der Waals surface area contributed by atoms with Crippen LogP contribution in [0.25, 0.3) is 0 Å². The molecule has 2 aromatic heterocycles. The minimum atomic E-state index is -1.09. The molecule has 0 aliphatic carbocycles. The van der Waals surface area contributed by atoms with Gasteiger partial charge in [-0.3, -0.25) is 0 Å². The molecule has 2 rings (SSSR count). The van der Waals surface area contributed by atoms with Crippen molar-refractivity contribution >= 4 is 23.3 Å². The average Bonchev–Trinajstić information content (AvgIpc) is 3.10. The highest BCUT2D eigenvalue weighted by molar-refractivity contribution is 7.07. The van der Waals surface area contributed by atoms with Crippen LogP contribution in [0.3, 0.4) is 0 Å². The molecule has 0 saturated carbocycles. The van der Waals surface area contributed by atoms with Crippen molar-refractivity contribution in [2.24, 2.45) is 0 Å². The number of imidazole rings is 1. The number of carboxylic acids is 1. The molecule has 2 amide bonds. The summed E-state index contributed by atoms with van der Waals surface area (Å²) in [6.07, 6.45) is 3.14. The van der Waals surface area contributed by atoms with Crippen LogP contribution >= 0.6 is 11.3 Å². The number of aromatic amines is 1. The van der Waals surface area contributed by atoms with E-state index in [0.717, 1.165) is 5.56 Å². The van der Waals surface area contributed by atoms with Crippen LogP contribution in [0.15, 0.2) is 29.4 Å². The molecule has 2 atom stereocenters. The van der Waals surface area contributed by atoms with Crippen LogP contribution < -0.4 is 10.6 Å². The smallest absolute Gasteiger partial charge is 0.326 e. The van der Waals surface area contributed by atoms with Crippen LogP contribution in [-0.2, 0) is 11.2 Å². The van der Waals surface area contributed by atoms with Gasteiger partial charge in [-0.15, -0.1) is 0 Å². The van der Waals surface area contributed by atoms with Gasteiger partial charge in [0.05, 0.1) is 12.4 Å². The van der Waals surface area contributed by atoms with E-state index >= 15 is 0 Å². The number of carbonyl (C=O) groups is 2. The summed E-state index contributed by atoms with van der Waals surface area (Å²) in [4.78, 5) is 29.7. The molecule has 0 aromatic carbocycles. The monoisotopic (exact) mass is 308 g/mol. The van der Waals surface area contributed by atoms with Gasteiger partial charge < -0.3 is 20.7 Å². The van der Waals surface area contributed by atoms with Gasteiger partial charge in [-0.2, -0.15) is 11.3 Å². The molecule has 2 aromatic rings. The van der Waals surface area contributed by atoms with Gasteiger partial charge in [0.2, 0.25) is 0 Å². The molecule has 0 spiro atoms. The maximum Gasteiger partial charge on any atom is 0.326 e. The predicted molar refractivity (Wildman–Crippen MR) is 78.1 cm³/mol. The molecule has 0 aliphatic heterocycles. The summed E-state index contributed by atoms with van der Waals surface area (Å²) in [5.74, 6) is -1.09. The number of aliphatic carboxylic acids is 1. The number of rotatable bonds is 6. The highest BCUT2D eigenvalue weighted by atomic mass is 32.1. The Bertz CT molecular complexity index is 583. The predicted octanol–water partition coefficient (Wildman–Crippen LogP) is 1.53. The van der Waals surface area contributed by atoms with Gasteiger partial charge in [-0.05, 0) is 29.3 Å². The van der Waals surface area contributed by atoms with Crippen LogP contribution in [0.1, 0.15) is 24.2 Å². The topological polar surface area (TPSA) is 107 Å². The summed E-state index contributed by atoms with van der Waals surface area (Å²) >= 11 is 1.54. The van der Waals surface area contributed by atoms with Crippen molar-refractivity contribution < 1.29 is 14.7 Å². The van der Waals surface area contributed by atoms with E-state index in [-0.39, 0.29) is 12.5 Å². The van der Waals surface area contributed by atoms with Crippen molar-refractivity contribution in [3.8, 4) is 0 Å². The SMILES string of the molecule is CC(NC(=O)NC(Cc1cnc[nH]1)C(=O)O)c1ccsc1. The summed E-state index contributed by atoms with van der Waals surface area (Å²) in [6, 6.07) is 0.202. The number of H-pyrrole nitrogens is 1. The molecule has 112 valence electrons. The maximum atomic E-state index is 11.9. The summed E-state index contributed by atoms with van der Waals surface area (Å²) in [5, 5.41) is 18.2. The van der Waals surface area contributed by atoms with E-state index in [1.807, 2.05) is 23.8 Å². The molecule has 7 nitrogen and oxygen atoms in total. The number of carboxylic acid groups (broad SMARTS) is 1. The Morgan fingerprint density at radius 3 is 2.86 bits per heavy atom. The Morgan fingerprint density at radius 1 is 1.48 bits per heavy atom. The lowest BCUT2D eigenvalue weighted by Gasteiger charge is -2.17. The second kappa shape index (κ2) is 6.89. The normalized spacial score (nSPS) is 13.4. The van der Waals surface area contributed by atoms with Gasteiger partial charge in [-0.25, -0.2) is 14.6 Å². The van der Waals surface area contributed by atoms with Gasteiger partial charge in [0.15, 0.2) is 0 Å². The Kier molecular flexibility index (Phi) is 4.94. The first-order valence-corrected chi connectivity index (χ1v) is 7.29. The molecular formula is C13H16N4O3S. The van der Waals surface area contributed by atoms with Gasteiger partial charge in [-0.1, -0.05) is 0 Å². The molecule has 0 saturated heterocycles. The third-order valence-electron chi connectivity index (χ3n) is 2.97. The molecular weight excluding hydrogens is 292 g/mol. The molecule has 2 heterocycles. The van der Waals surface area contributed by atoms with Crippen molar-refractivity contribution in [3.63, 3.8) is 0 Å². The van der Waals surface area contributed by atoms with E-state index in [1.54, 1.807) is 0 Å². The van der Waals surface area contributed by atoms with Crippen LogP contribution in [0.5, 0.6) is 0 Å². The van der Waals surface area contributed by atoms with E-state index in [9.17, 15) is 9.59 Å². The van der Waals surface area contributed by atoms with Crippen LogP contribution in [0, 0.1) is 0 Å². The Morgan fingerprint density at radius 2 is 2.29 bits per heavy atom. The Labute approximate surface area is 125 Å². The standard InChI is InChI=1S/C13H16N4O3S/c1-8(9-2-3-21-6-9)16-13(20)17-11(12(18)19)4-10-5-14-7-15-10/h2-3,5-8,11H,4H2,1H3,(H,14,15)(H,18,19)(H2,16,17,20). The van der Waals surface area contributed by atoms with E-state index in [4.69, 9.17) is 5.11 Å². The molecule has 0 bridgehead atoms. The highest BCUT2D eigenvalue weighted by Gasteiger charge is 2.21. The zero-order valence-electron chi connectivity index (χ0n) is 11.4. The lowest BCUT2D eigenvalue weighted by atomic mass is 10.1. The first kappa shape index (κ1) is 15.0. The summed E-state index contributed by atoms with van der Waals surface area (Å²) in [6.45, 7) is 1.84. The van der Waals surface area contributed by atoms with Gasteiger partial charge >= 0.3 is 12.0 Å². The van der Waals surface area contributed by atoms with Gasteiger partial charge in [0.25, 0.3) is 0 Å². The quantitative estimate of drug-likeness (QED) is 0.649. The highest BCUT2D eigenvalue weighted by Crippen LogP contribution is 2.15. The number of amides is 2. The molecule has 4 N–H and O–H groups in total. The van der Waals surface area contributed by atoms with E-state index in [1.165, 1.54) is 23.9 Å². The molecule has 0 radical (unpaired) electrons. The fourth-order valence-corrected chi connectivity index (χ4v) is 2.57. The lowest BCUT2D eigenvalue weighted by molar-refractivity contribution is -0.139. The number of nitrogens with zero attached hydrogens (tertiary/aromatic N) is 1. The zero-order chi connectivity index (χ0) is 15.2. The minimum Gasteiger partial charge on any atom is -0.480 e. The summed E-state index contributed by atoms with van der Waals surface area (Å²) in [5.41, 5.74) is 1.63. The number of urea groups is 1. The minimum absolute atomic E-state index is 0.148. The maximum absolute atomic E-state index is 11.9. The van der Waals surface area contributed by atoms with Crippen LogP contribution in [0.4, 0.5) is 4.79 Å². The van der Waals surface area contributed by atoms with Crippen molar-refractivity contribution in [1.82, 2.24) is 20.6 Å². The van der Waals surface area contributed by atoms with Crippen molar-refractivity contribution in [3.05, 3.63) is 40.6 Å². The number of aromatic nitrogens is 2. The fourth-order valence-electron chi connectivity index (χ4n) is 1.82. The van der Waals surface area contributed by atoms with Crippen molar-refractivity contribution in [2.75, 3.05) is 0 Å². The second-order valence-corrected chi connectivity index (χ2v) is 5.35. The third-order valence-corrected chi connectivity index (χ3v) is 3.67. The first-order chi connectivity index (χ1) is 10.1. The molecule has 2 unspecified atom stereocenters. The summed E-state index contributed by atoms with van der Waals surface area (Å²) in [7, 11) is 0. The first-order valence-electron chi connectivity index (χ1n) is 6.35. The van der Waals surface area contributed by atoms with Crippen molar-refractivity contribution in [2.45, 2.75) is 25.4 Å². The summed E-state index contributed by atoms with van der Waals surface area (Å²) < 4.78 is 0. The van der Waals surface area contributed by atoms with Crippen LogP contribution in [0.2, 0.25) is 0 Å². The largest absolute Gasteiger partial charge is 0.480 e. The van der Waals surface area contributed by atoms with Gasteiger partial charge in [0.1, 0.15) is 6.04 Å². The van der Waals surface area contributed by atoms with E-state index in [2.05, 4.69) is 20.6 Å². The van der Waals surface area contributed by atoms with Crippen molar-refractivity contribution in [1.29, 1.82) is 0 Å². The van der Waals surface area contributed by atoms with Crippen LogP contribution in [-0.4, -0.2) is 33.1 Å². The van der Waals surface area contributed by atoms with Gasteiger partial charge in [0, 0.05) is 18.3 Å². The molecule has 0 fully saturated rings. The third kappa shape index (κ3) is 4.32. The number of hydrogen-bond acceptors (Lipinski definition) is 4. The Balaban J connectivity index is 1.90. The number of thiophene rings is 1. The second-order valence-electron chi connectivity index (χ2n) is 4.57. The number of nitrogens with one attached hydrogen (secondary N) is 3. The fraction of sp³-hybridized carbons (Fsp3) is 0.308. The van der Waals surface area contributed by atoms with E-state index < -0.39 is 18.0 Å². The lowest BCUT2D eigenvalue weighted by Crippen LogP contribution is -2.47. The Hall–Kier alpha value is -2.35. The number of hydrogen-bond donors (Lipinski definition) is 4. The molecule has 21 heavy (non-hydrogen) atoms. The average molecular weight is 308 g/mol. The molecule has 8 heteroatoms. The zero-order valence-corrected chi connectivity index (χ0v) is 12.2. The number of carbonyl (C=O) groups excluding carboxylic acids is 1.